The quantitative estimate of drug-likeness (QED) is 0.746. The Labute approximate surface area is 135 Å². The van der Waals surface area contributed by atoms with Crippen molar-refractivity contribution in [3.63, 3.8) is 0 Å². The molecule has 0 aliphatic rings. The highest BCUT2D eigenvalue weighted by atomic mass is 16.4. The standard InChI is InChI=1S/C16H23N3O4/c1-10(2)8-13(15(21)22)18-14(20)11-6-5-7-12(9-11)17-16(23)19(3)4/h5-7,9-10,13H,8H2,1-4H3,(H,17,23)(H,18,20)(H,21,22)/t13-/m0/s1. The normalized spacial score (nSPS) is 11.7. The number of benzene rings is 1. The summed E-state index contributed by atoms with van der Waals surface area (Å²) in [6, 6.07) is 5.09. The Balaban J connectivity index is 2.83. The maximum absolute atomic E-state index is 12.2. The smallest absolute Gasteiger partial charge is 0.326 e. The number of nitrogens with zero attached hydrogens (tertiary/aromatic N) is 1. The molecule has 0 fully saturated rings. The summed E-state index contributed by atoms with van der Waals surface area (Å²) in [6.45, 7) is 3.78. The van der Waals surface area contributed by atoms with Crippen LogP contribution in [0.25, 0.3) is 0 Å². The summed E-state index contributed by atoms with van der Waals surface area (Å²) < 4.78 is 0. The predicted molar refractivity (Wildman–Crippen MR) is 87.5 cm³/mol. The third-order valence-electron chi connectivity index (χ3n) is 3.09. The van der Waals surface area contributed by atoms with Crippen LogP contribution >= 0.6 is 0 Å². The van der Waals surface area contributed by atoms with Crippen molar-refractivity contribution in [2.24, 2.45) is 5.92 Å². The minimum atomic E-state index is -1.07. The van der Waals surface area contributed by atoms with E-state index in [0.29, 0.717) is 12.1 Å². The number of anilines is 1. The number of aliphatic carboxylic acids is 1. The molecule has 3 N–H and O–H groups in total. The Morgan fingerprint density at radius 2 is 1.87 bits per heavy atom. The summed E-state index contributed by atoms with van der Waals surface area (Å²) in [6.07, 6.45) is 0.345. The first-order chi connectivity index (χ1) is 10.7. The van der Waals surface area contributed by atoms with Crippen LogP contribution in [-0.2, 0) is 4.79 Å². The zero-order valence-corrected chi connectivity index (χ0v) is 13.8. The van der Waals surface area contributed by atoms with Crippen LogP contribution in [0.3, 0.4) is 0 Å². The molecule has 1 rings (SSSR count). The second-order valence-corrected chi connectivity index (χ2v) is 5.90. The maximum atomic E-state index is 12.2. The first-order valence-corrected chi connectivity index (χ1v) is 7.32. The fourth-order valence-corrected chi connectivity index (χ4v) is 1.91. The van der Waals surface area contributed by atoms with Crippen molar-refractivity contribution in [2.75, 3.05) is 19.4 Å². The highest BCUT2D eigenvalue weighted by Gasteiger charge is 2.21. The number of hydrogen-bond acceptors (Lipinski definition) is 3. The van der Waals surface area contributed by atoms with Gasteiger partial charge in [0.15, 0.2) is 0 Å². The monoisotopic (exact) mass is 321 g/mol. The van der Waals surface area contributed by atoms with Gasteiger partial charge in [-0.15, -0.1) is 0 Å². The molecule has 0 aliphatic heterocycles. The van der Waals surface area contributed by atoms with Gasteiger partial charge in [0.25, 0.3) is 5.91 Å². The van der Waals surface area contributed by atoms with Crippen molar-refractivity contribution in [2.45, 2.75) is 26.3 Å². The molecule has 0 radical (unpaired) electrons. The molecule has 0 aliphatic carbocycles. The second kappa shape index (κ2) is 8.17. The molecular formula is C16H23N3O4. The van der Waals surface area contributed by atoms with Gasteiger partial charge in [0, 0.05) is 25.3 Å². The van der Waals surface area contributed by atoms with Crippen LogP contribution in [0.15, 0.2) is 24.3 Å². The second-order valence-electron chi connectivity index (χ2n) is 5.90. The van der Waals surface area contributed by atoms with Crippen molar-refractivity contribution in [1.82, 2.24) is 10.2 Å². The lowest BCUT2D eigenvalue weighted by Gasteiger charge is -2.17. The molecule has 0 saturated heterocycles. The van der Waals surface area contributed by atoms with Gasteiger partial charge in [0.05, 0.1) is 0 Å². The highest BCUT2D eigenvalue weighted by Crippen LogP contribution is 2.12. The maximum Gasteiger partial charge on any atom is 0.326 e. The van der Waals surface area contributed by atoms with Gasteiger partial charge in [-0.2, -0.15) is 0 Å². The lowest BCUT2D eigenvalue weighted by Crippen LogP contribution is -2.41. The molecule has 0 unspecified atom stereocenters. The molecule has 1 atom stereocenters. The number of carboxylic acid groups (broad SMARTS) is 1. The summed E-state index contributed by atoms with van der Waals surface area (Å²) in [5.74, 6) is -1.41. The Hall–Kier alpha value is -2.57. The van der Waals surface area contributed by atoms with Crippen LogP contribution in [0.5, 0.6) is 0 Å². The Morgan fingerprint density at radius 3 is 2.39 bits per heavy atom. The highest BCUT2D eigenvalue weighted by molar-refractivity contribution is 5.98. The van der Waals surface area contributed by atoms with E-state index in [9.17, 15) is 19.5 Å². The topological polar surface area (TPSA) is 98.7 Å². The van der Waals surface area contributed by atoms with Gasteiger partial charge < -0.3 is 20.6 Å². The van der Waals surface area contributed by atoms with Crippen molar-refractivity contribution in [3.8, 4) is 0 Å². The van der Waals surface area contributed by atoms with Crippen LogP contribution in [-0.4, -0.2) is 48.1 Å². The van der Waals surface area contributed by atoms with E-state index in [1.807, 2.05) is 13.8 Å². The van der Waals surface area contributed by atoms with Gasteiger partial charge in [0.2, 0.25) is 0 Å². The number of rotatable bonds is 6. The lowest BCUT2D eigenvalue weighted by atomic mass is 10.0. The fourth-order valence-electron chi connectivity index (χ4n) is 1.91. The van der Waals surface area contributed by atoms with Crippen molar-refractivity contribution in [1.29, 1.82) is 0 Å². The molecule has 0 heterocycles. The van der Waals surface area contributed by atoms with Gasteiger partial charge in [-0.25, -0.2) is 9.59 Å². The lowest BCUT2D eigenvalue weighted by molar-refractivity contribution is -0.139. The van der Waals surface area contributed by atoms with E-state index in [1.54, 1.807) is 32.3 Å². The minimum Gasteiger partial charge on any atom is -0.480 e. The molecule has 3 amide bonds. The molecule has 1 aromatic rings. The van der Waals surface area contributed by atoms with E-state index < -0.39 is 17.9 Å². The van der Waals surface area contributed by atoms with Crippen molar-refractivity contribution < 1.29 is 19.5 Å². The van der Waals surface area contributed by atoms with E-state index in [4.69, 9.17) is 0 Å². The van der Waals surface area contributed by atoms with Crippen molar-refractivity contribution in [3.05, 3.63) is 29.8 Å². The molecule has 0 aromatic heterocycles. The van der Waals surface area contributed by atoms with Gasteiger partial charge in [-0.3, -0.25) is 4.79 Å². The summed E-state index contributed by atoms with van der Waals surface area (Å²) in [7, 11) is 3.21. The third-order valence-corrected chi connectivity index (χ3v) is 3.09. The van der Waals surface area contributed by atoms with Crippen LogP contribution in [0.1, 0.15) is 30.6 Å². The average molecular weight is 321 g/mol. The first-order valence-electron chi connectivity index (χ1n) is 7.32. The minimum absolute atomic E-state index is 0.141. The SMILES string of the molecule is CC(C)C[C@H](NC(=O)c1cccc(NC(=O)N(C)C)c1)C(=O)O. The van der Waals surface area contributed by atoms with Crippen LogP contribution in [0.2, 0.25) is 0 Å². The summed E-state index contributed by atoms with van der Waals surface area (Å²) >= 11 is 0. The summed E-state index contributed by atoms with van der Waals surface area (Å²) in [5.41, 5.74) is 0.753. The number of carboxylic acids is 1. The Bertz CT molecular complexity index is 584. The molecule has 1 aromatic carbocycles. The fraction of sp³-hybridized carbons (Fsp3) is 0.438. The van der Waals surface area contributed by atoms with E-state index in [0.717, 1.165) is 0 Å². The molecule has 7 heteroatoms. The number of carbonyl (C=O) groups is 3. The van der Waals surface area contributed by atoms with E-state index in [2.05, 4.69) is 10.6 Å². The predicted octanol–water partition coefficient (Wildman–Crippen LogP) is 2.01. The number of urea groups is 1. The average Bonchev–Trinajstić information content (AvgIpc) is 2.46. The molecule has 0 spiro atoms. The summed E-state index contributed by atoms with van der Waals surface area (Å²) in [4.78, 5) is 36.4. The molecule has 0 saturated carbocycles. The Morgan fingerprint density at radius 1 is 1.22 bits per heavy atom. The molecule has 23 heavy (non-hydrogen) atoms. The van der Waals surface area contributed by atoms with E-state index in [1.165, 1.54) is 11.0 Å². The summed E-state index contributed by atoms with van der Waals surface area (Å²) in [5, 5.41) is 14.3. The van der Waals surface area contributed by atoms with Crippen LogP contribution < -0.4 is 10.6 Å². The van der Waals surface area contributed by atoms with Crippen LogP contribution in [0.4, 0.5) is 10.5 Å². The largest absolute Gasteiger partial charge is 0.480 e. The van der Waals surface area contributed by atoms with E-state index in [-0.39, 0.29) is 17.5 Å². The molecule has 0 bridgehead atoms. The van der Waals surface area contributed by atoms with Gasteiger partial charge >= 0.3 is 12.0 Å². The Kier molecular flexibility index (Phi) is 6.56. The van der Waals surface area contributed by atoms with Gasteiger partial charge in [-0.1, -0.05) is 19.9 Å². The zero-order chi connectivity index (χ0) is 17.6. The molecule has 7 nitrogen and oxygen atoms in total. The molecular weight excluding hydrogens is 298 g/mol. The third kappa shape index (κ3) is 5.98. The first kappa shape index (κ1) is 18.5. The van der Waals surface area contributed by atoms with E-state index >= 15 is 0 Å². The number of nitrogens with one attached hydrogen (secondary N) is 2. The van der Waals surface area contributed by atoms with Crippen molar-refractivity contribution >= 4 is 23.6 Å². The van der Waals surface area contributed by atoms with Gasteiger partial charge in [-0.05, 0) is 30.5 Å². The number of hydrogen-bond donors (Lipinski definition) is 3. The molecule has 126 valence electrons. The van der Waals surface area contributed by atoms with Crippen LogP contribution in [0, 0.1) is 5.92 Å². The number of carbonyl (C=O) groups excluding carboxylic acids is 2. The zero-order valence-electron chi connectivity index (χ0n) is 13.8. The van der Waals surface area contributed by atoms with Gasteiger partial charge in [0.1, 0.15) is 6.04 Å². The number of amides is 3.